The van der Waals surface area contributed by atoms with Crippen LogP contribution in [0.4, 0.5) is 0 Å². The zero-order chi connectivity index (χ0) is 20.8. The number of piperidine rings is 1. The van der Waals surface area contributed by atoms with Crippen molar-refractivity contribution in [1.82, 2.24) is 24.6 Å². The van der Waals surface area contributed by atoms with Crippen LogP contribution in [-0.4, -0.2) is 69.4 Å². The van der Waals surface area contributed by atoms with Gasteiger partial charge in [-0.3, -0.25) is 9.69 Å². The van der Waals surface area contributed by atoms with Crippen molar-refractivity contribution in [2.45, 2.75) is 51.8 Å². The van der Waals surface area contributed by atoms with Gasteiger partial charge in [0.25, 0.3) is 0 Å². The molecule has 2 saturated heterocycles. The number of aryl methyl sites for hydroxylation is 1. The Balaban J connectivity index is 1.31. The first-order valence-corrected chi connectivity index (χ1v) is 11.2. The molecule has 162 valence electrons. The van der Waals surface area contributed by atoms with Crippen LogP contribution in [0, 0.1) is 12.8 Å². The maximum absolute atomic E-state index is 13.0. The number of rotatable bonds is 8. The fraction of sp³-hybridized carbons (Fsp3) is 0.609. The first-order chi connectivity index (χ1) is 14.7. The van der Waals surface area contributed by atoms with Gasteiger partial charge in [0.15, 0.2) is 0 Å². The second-order valence-corrected chi connectivity index (χ2v) is 8.67. The summed E-state index contributed by atoms with van der Waals surface area (Å²) in [7, 11) is 0. The Labute approximate surface area is 179 Å². The van der Waals surface area contributed by atoms with Crippen molar-refractivity contribution in [2.24, 2.45) is 5.92 Å². The van der Waals surface area contributed by atoms with Gasteiger partial charge >= 0.3 is 0 Å². The highest BCUT2D eigenvalue weighted by Crippen LogP contribution is 2.22. The van der Waals surface area contributed by atoms with Crippen LogP contribution in [0.2, 0.25) is 0 Å². The average molecular weight is 412 g/mol. The average Bonchev–Trinajstić information content (AvgIpc) is 3.45. The highest BCUT2D eigenvalue weighted by Gasteiger charge is 2.27. The number of carbonyl (C=O) groups is 1. The summed E-state index contributed by atoms with van der Waals surface area (Å²) in [5.74, 6) is 0.651. The monoisotopic (exact) mass is 411 g/mol. The zero-order valence-electron chi connectivity index (χ0n) is 17.9. The van der Waals surface area contributed by atoms with Crippen molar-refractivity contribution in [2.75, 3.05) is 32.8 Å². The number of likely N-dealkylation sites (tertiary alicyclic amines) is 1. The van der Waals surface area contributed by atoms with Crippen molar-refractivity contribution >= 4 is 5.91 Å². The van der Waals surface area contributed by atoms with Gasteiger partial charge < -0.3 is 9.64 Å². The molecule has 0 radical (unpaired) electrons. The number of hydrogen-bond donors (Lipinski definition) is 0. The molecular weight excluding hydrogens is 378 g/mol. The van der Waals surface area contributed by atoms with E-state index in [0.29, 0.717) is 12.5 Å². The van der Waals surface area contributed by atoms with E-state index in [1.54, 1.807) is 11.0 Å². The standard InChI is InChI=1S/C23H33N5O2/c1-19-5-2-3-6-21(19)14-26-10-8-20(9-11-26)13-27(15-22-7-4-12-30-22)23(29)16-28-18-24-17-25-28/h2-3,5-6,17-18,20,22H,4,7-16H2,1H3. The van der Waals surface area contributed by atoms with Gasteiger partial charge in [-0.1, -0.05) is 24.3 Å². The Hall–Kier alpha value is -2.25. The molecule has 2 aliphatic heterocycles. The van der Waals surface area contributed by atoms with Crippen LogP contribution in [0.15, 0.2) is 36.9 Å². The summed E-state index contributed by atoms with van der Waals surface area (Å²) in [6.07, 6.45) is 7.64. The molecule has 1 unspecified atom stereocenters. The highest BCUT2D eigenvalue weighted by molar-refractivity contribution is 5.75. The Bertz CT molecular complexity index is 796. The molecule has 2 aliphatic rings. The summed E-state index contributed by atoms with van der Waals surface area (Å²) in [6, 6.07) is 8.64. The fourth-order valence-corrected chi connectivity index (χ4v) is 4.53. The minimum absolute atomic E-state index is 0.110. The minimum Gasteiger partial charge on any atom is -0.376 e. The quantitative estimate of drug-likeness (QED) is 0.668. The number of aromatic nitrogens is 3. The summed E-state index contributed by atoms with van der Waals surface area (Å²) in [4.78, 5) is 21.5. The van der Waals surface area contributed by atoms with E-state index in [1.807, 2.05) is 4.90 Å². The van der Waals surface area contributed by atoms with Gasteiger partial charge in [0.1, 0.15) is 19.2 Å². The van der Waals surface area contributed by atoms with Crippen LogP contribution in [-0.2, 0) is 22.6 Å². The lowest BCUT2D eigenvalue weighted by molar-refractivity contribution is -0.134. The van der Waals surface area contributed by atoms with Crippen LogP contribution in [0.25, 0.3) is 0 Å². The van der Waals surface area contributed by atoms with E-state index in [9.17, 15) is 4.79 Å². The molecule has 3 heterocycles. The molecule has 0 bridgehead atoms. The topological polar surface area (TPSA) is 63.5 Å². The lowest BCUT2D eigenvalue weighted by Crippen LogP contribution is -2.44. The van der Waals surface area contributed by atoms with Crippen molar-refractivity contribution in [3.8, 4) is 0 Å². The molecule has 0 aliphatic carbocycles. The van der Waals surface area contributed by atoms with E-state index in [1.165, 1.54) is 17.5 Å². The Morgan fingerprint density at radius 3 is 2.73 bits per heavy atom. The SMILES string of the molecule is Cc1ccccc1CN1CCC(CN(CC2CCCO2)C(=O)Cn2cncn2)CC1. The molecule has 0 N–H and O–H groups in total. The summed E-state index contributed by atoms with van der Waals surface area (Å²) in [6.45, 7) is 7.94. The summed E-state index contributed by atoms with van der Waals surface area (Å²) in [5, 5.41) is 4.09. The fourth-order valence-electron chi connectivity index (χ4n) is 4.53. The smallest absolute Gasteiger partial charge is 0.244 e. The maximum Gasteiger partial charge on any atom is 0.244 e. The van der Waals surface area contributed by atoms with E-state index < -0.39 is 0 Å². The third-order valence-corrected chi connectivity index (χ3v) is 6.41. The Kier molecular flexibility index (Phi) is 7.12. The van der Waals surface area contributed by atoms with E-state index in [4.69, 9.17) is 4.74 Å². The molecule has 30 heavy (non-hydrogen) atoms. The second kappa shape index (κ2) is 10.2. The number of ether oxygens (including phenoxy) is 1. The van der Waals surface area contributed by atoms with E-state index in [-0.39, 0.29) is 18.6 Å². The molecule has 7 nitrogen and oxygen atoms in total. The number of amides is 1. The molecule has 0 spiro atoms. The van der Waals surface area contributed by atoms with Crippen molar-refractivity contribution in [1.29, 1.82) is 0 Å². The normalized spacial score (nSPS) is 20.5. The molecule has 0 saturated carbocycles. The van der Waals surface area contributed by atoms with Gasteiger partial charge in [-0.2, -0.15) is 5.10 Å². The number of nitrogens with zero attached hydrogens (tertiary/aromatic N) is 5. The van der Waals surface area contributed by atoms with Crippen LogP contribution < -0.4 is 0 Å². The molecule has 1 aromatic carbocycles. The van der Waals surface area contributed by atoms with E-state index in [2.05, 4.69) is 46.2 Å². The lowest BCUT2D eigenvalue weighted by Gasteiger charge is -2.35. The van der Waals surface area contributed by atoms with Crippen molar-refractivity contribution in [3.05, 3.63) is 48.0 Å². The van der Waals surface area contributed by atoms with Gasteiger partial charge in [-0.25, -0.2) is 9.67 Å². The number of benzene rings is 1. The predicted octanol–water partition coefficient (Wildman–Crippen LogP) is 2.51. The Morgan fingerprint density at radius 2 is 2.03 bits per heavy atom. The van der Waals surface area contributed by atoms with Crippen molar-refractivity contribution < 1.29 is 9.53 Å². The van der Waals surface area contributed by atoms with E-state index in [0.717, 1.165) is 58.5 Å². The lowest BCUT2D eigenvalue weighted by atomic mass is 9.95. The molecule has 1 amide bonds. The van der Waals surface area contributed by atoms with Crippen LogP contribution in [0.5, 0.6) is 0 Å². The summed E-state index contributed by atoms with van der Waals surface area (Å²) < 4.78 is 7.42. The van der Waals surface area contributed by atoms with Gasteiger partial charge in [0.05, 0.1) is 6.10 Å². The van der Waals surface area contributed by atoms with Gasteiger partial charge in [0, 0.05) is 26.2 Å². The van der Waals surface area contributed by atoms with Crippen molar-refractivity contribution in [3.63, 3.8) is 0 Å². The molecule has 2 aromatic rings. The van der Waals surface area contributed by atoms with Gasteiger partial charge in [-0.15, -0.1) is 0 Å². The van der Waals surface area contributed by atoms with Gasteiger partial charge in [0.2, 0.25) is 5.91 Å². The molecule has 7 heteroatoms. The summed E-state index contributed by atoms with van der Waals surface area (Å²) >= 11 is 0. The first kappa shape index (κ1) is 21.0. The molecular formula is C23H33N5O2. The minimum atomic E-state index is 0.110. The zero-order valence-corrected chi connectivity index (χ0v) is 17.9. The first-order valence-electron chi connectivity index (χ1n) is 11.2. The third kappa shape index (κ3) is 5.67. The van der Waals surface area contributed by atoms with Crippen LogP contribution in [0.1, 0.15) is 36.8 Å². The highest BCUT2D eigenvalue weighted by atomic mass is 16.5. The van der Waals surface area contributed by atoms with Gasteiger partial charge in [-0.05, 0) is 62.7 Å². The van der Waals surface area contributed by atoms with E-state index >= 15 is 0 Å². The largest absolute Gasteiger partial charge is 0.376 e. The molecule has 4 rings (SSSR count). The number of carbonyl (C=O) groups excluding carboxylic acids is 1. The predicted molar refractivity (Wildman–Crippen MR) is 115 cm³/mol. The molecule has 1 aromatic heterocycles. The second-order valence-electron chi connectivity index (χ2n) is 8.67. The van der Waals surface area contributed by atoms with Crippen LogP contribution in [0.3, 0.4) is 0 Å². The third-order valence-electron chi connectivity index (χ3n) is 6.41. The number of hydrogen-bond acceptors (Lipinski definition) is 5. The molecule has 2 fully saturated rings. The summed E-state index contributed by atoms with van der Waals surface area (Å²) in [5.41, 5.74) is 2.78. The van der Waals surface area contributed by atoms with Crippen LogP contribution >= 0.6 is 0 Å². The molecule has 1 atom stereocenters. The Morgan fingerprint density at radius 1 is 1.20 bits per heavy atom. The maximum atomic E-state index is 13.0.